The Morgan fingerprint density at radius 2 is 1.58 bits per heavy atom. The normalized spacial score (nSPS) is 17.8. The maximum atomic E-state index is 14.1. The van der Waals surface area contributed by atoms with Crippen LogP contribution >= 0.6 is 0 Å². The molecule has 2 unspecified atom stereocenters. The van der Waals surface area contributed by atoms with E-state index in [2.05, 4.69) is 0 Å². The molecule has 0 amide bonds. The summed E-state index contributed by atoms with van der Waals surface area (Å²) in [6.07, 6.45) is 0.411. The van der Waals surface area contributed by atoms with E-state index in [4.69, 9.17) is 0 Å². The first kappa shape index (κ1) is 25.1. The van der Waals surface area contributed by atoms with E-state index in [9.17, 15) is 29.7 Å². The third-order valence-electron chi connectivity index (χ3n) is 6.59. The maximum Gasteiger partial charge on any atom is 0.336 e. The first-order valence-corrected chi connectivity index (χ1v) is 11.9. The van der Waals surface area contributed by atoms with E-state index in [0.29, 0.717) is 17.7 Å². The summed E-state index contributed by atoms with van der Waals surface area (Å²) >= 11 is 0. The van der Waals surface area contributed by atoms with Crippen LogP contribution in [0.25, 0.3) is 11.1 Å². The molecular weight excluding hydrogens is 458 g/mol. The maximum absolute atomic E-state index is 14.1. The number of aliphatic hydroxyl groups is 1. The van der Waals surface area contributed by atoms with Crippen molar-refractivity contribution in [3.8, 4) is 11.1 Å². The highest BCUT2D eigenvalue weighted by atomic mass is 16.4. The second kappa shape index (κ2) is 9.95. The van der Waals surface area contributed by atoms with Crippen molar-refractivity contribution in [2.24, 2.45) is 11.8 Å². The van der Waals surface area contributed by atoms with Gasteiger partial charge in [0.2, 0.25) is 11.5 Å². The second-order valence-corrected chi connectivity index (χ2v) is 9.62. The standard InChI is InChI=1S/C29H29NO6/c1-18(2)15-19(16-25(31)32)17-30-24-14-8-12-21(20-9-4-3-5-10-20)26(24)27(33)29(30,36)23-13-7-6-11-22(23)28(34)35/h3-14,18-19,36H,15-17H2,1-2H3,(H,31,32)(H,34,35). The van der Waals surface area contributed by atoms with Crippen molar-refractivity contribution >= 4 is 23.4 Å². The minimum atomic E-state index is -2.31. The lowest BCUT2D eigenvalue weighted by Gasteiger charge is -2.37. The molecule has 1 aliphatic heterocycles. The molecule has 0 aliphatic carbocycles. The Hall–Kier alpha value is -3.97. The Balaban J connectivity index is 1.95. The van der Waals surface area contributed by atoms with Crippen LogP contribution < -0.4 is 4.90 Å². The summed E-state index contributed by atoms with van der Waals surface area (Å²) in [7, 11) is 0. The summed E-state index contributed by atoms with van der Waals surface area (Å²) in [4.78, 5) is 39.4. The zero-order valence-electron chi connectivity index (χ0n) is 20.2. The number of ketones is 1. The van der Waals surface area contributed by atoms with E-state index in [1.807, 2.05) is 44.2 Å². The Labute approximate surface area is 209 Å². The molecule has 7 heteroatoms. The molecule has 186 valence electrons. The number of hydrogen-bond donors (Lipinski definition) is 3. The van der Waals surface area contributed by atoms with Crippen molar-refractivity contribution in [2.45, 2.75) is 32.4 Å². The third-order valence-corrected chi connectivity index (χ3v) is 6.59. The summed E-state index contributed by atoms with van der Waals surface area (Å²) in [5.41, 5.74) is -0.417. The topological polar surface area (TPSA) is 115 Å². The third kappa shape index (κ3) is 4.50. The molecule has 36 heavy (non-hydrogen) atoms. The van der Waals surface area contributed by atoms with Crippen LogP contribution in [-0.2, 0) is 10.5 Å². The van der Waals surface area contributed by atoms with Crippen LogP contribution in [0.4, 0.5) is 5.69 Å². The molecule has 4 rings (SSSR count). The minimum Gasteiger partial charge on any atom is -0.481 e. The van der Waals surface area contributed by atoms with E-state index >= 15 is 0 Å². The van der Waals surface area contributed by atoms with E-state index < -0.39 is 23.4 Å². The van der Waals surface area contributed by atoms with Gasteiger partial charge in [-0.1, -0.05) is 74.5 Å². The highest BCUT2D eigenvalue weighted by molar-refractivity contribution is 6.18. The number of rotatable bonds is 9. The molecule has 3 aromatic rings. The SMILES string of the molecule is CC(C)CC(CC(=O)O)CN1c2cccc(-c3ccccc3)c2C(=O)C1(O)c1ccccc1C(=O)O. The van der Waals surface area contributed by atoms with Gasteiger partial charge in [-0.05, 0) is 41.5 Å². The molecule has 3 N–H and O–H groups in total. The number of carboxylic acid groups (broad SMARTS) is 2. The largest absolute Gasteiger partial charge is 0.481 e. The van der Waals surface area contributed by atoms with E-state index in [1.165, 1.54) is 23.1 Å². The summed E-state index contributed by atoms with van der Waals surface area (Å²) in [5.74, 6) is -3.08. The smallest absolute Gasteiger partial charge is 0.336 e. The lowest BCUT2D eigenvalue weighted by Crippen LogP contribution is -2.50. The number of Topliss-reactive ketones (excluding diaryl/α,β-unsaturated/α-hetero) is 1. The van der Waals surface area contributed by atoms with Gasteiger partial charge in [0.05, 0.1) is 16.8 Å². The van der Waals surface area contributed by atoms with Crippen LogP contribution in [0.1, 0.15) is 53.0 Å². The Morgan fingerprint density at radius 1 is 0.917 bits per heavy atom. The van der Waals surface area contributed by atoms with Gasteiger partial charge in [-0.15, -0.1) is 0 Å². The minimum absolute atomic E-state index is 0.0451. The van der Waals surface area contributed by atoms with Gasteiger partial charge >= 0.3 is 11.9 Å². The summed E-state index contributed by atoms with van der Waals surface area (Å²) in [6, 6.07) is 20.5. The fraction of sp³-hybridized carbons (Fsp3) is 0.276. The van der Waals surface area contributed by atoms with Gasteiger partial charge < -0.3 is 20.2 Å². The van der Waals surface area contributed by atoms with Crippen molar-refractivity contribution in [3.63, 3.8) is 0 Å². The lowest BCUT2D eigenvalue weighted by atomic mass is 9.88. The molecule has 7 nitrogen and oxygen atoms in total. The number of carboxylic acids is 2. The van der Waals surface area contributed by atoms with E-state index in [-0.39, 0.29) is 41.5 Å². The monoisotopic (exact) mass is 487 g/mol. The van der Waals surface area contributed by atoms with Gasteiger partial charge in [-0.25, -0.2) is 4.79 Å². The number of hydrogen-bond acceptors (Lipinski definition) is 5. The molecule has 0 spiro atoms. The van der Waals surface area contributed by atoms with Crippen molar-refractivity contribution in [2.75, 3.05) is 11.4 Å². The number of benzene rings is 3. The van der Waals surface area contributed by atoms with Gasteiger partial charge in [-0.2, -0.15) is 0 Å². The zero-order chi connectivity index (χ0) is 26.0. The number of carbonyl (C=O) groups is 3. The molecule has 1 heterocycles. The molecule has 1 aliphatic rings. The van der Waals surface area contributed by atoms with Crippen molar-refractivity contribution in [1.82, 2.24) is 0 Å². The Kier molecular flexibility index (Phi) is 6.95. The Bertz CT molecular complexity index is 1300. The van der Waals surface area contributed by atoms with Gasteiger partial charge in [0.25, 0.3) is 0 Å². The molecule has 0 fully saturated rings. The molecule has 0 radical (unpaired) electrons. The van der Waals surface area contributed by atoms with Crippen LogP contribution in [0.15, 0.2) is 72.8 Å². The summed E-state index contributed by atoms with van der Waals surface area (Å²) < 4.78 is 0. The number of fused-ring (bicyclic) bond motifs is 1. The van der Waals surface area contributed by atoms with Gasteiger partial charge in [0.1, 0.15) is 0 Å². The van der Waals surface area contributed by atoms with Crippen molar-refractivity contribution in [1.29, 1.82) is 0 Å². The first-order valence-electron chi connectivity index (χ1n) is 11.9. The fourth-order valence-corrected chi connectivity index (χ4v) is 5.20. The van der Waals surface area contributed by atoms with Crippen LogP contribution in [-0.4, -0.2) is 39.6 Å². The van der Waals surface area contributed by atoms with Crippen LogP contribution in [0.5, 0.6) is 0 Å². The van der Waals surface area contributed by atoms with Crippen LogP contribution in [0.3, 0.4) is 0 Å². The summed E-state index contributed by atoms with van der Waals surface area (Å²) in [6.45, 7) is 4.03. The van der Waals surface area contributed by atoms with Crippen molar-refractivity contribution in [3.05, 3.63) is 89.5 Å². The molecule has 0 saturated carbocycles. The predicted molar refractivity (Wildman–Crippen MR) is 136 cm³/mol. The molecule has 3 aromatic carbocycles. The molecule has 0 bridgehead atoms. The van der Waals surface area contributed by atoms with Gasteiger partial charge in [0.15, 0.2) is 0 Å². The van der Waals surface area contributed by atoms with Crippen molar-refractivity contribution < 1.29 is 29.7 Å². The fourth-order valence-electron chi connectivity index (χ4n) is 5.20. The zero-order valence-corrected chi connectivity index (χ0v) is 20.2. The number of aromatic carboxylic acids is 1. The average Bonchev–Trinajstić information content (AvgIpc) is 3.06. The highest BCUT2D eigenvalue weighted by Gasteiger charge is 2.54. The highest BCUT2D eigenvalue weighted by Crippen LogP contribution is 2.48. The quantitative estimate of drug-likeness (QED) is 0.387. The molecular formula is C29H29NO6. The number of nitrogens with zero attached hydrogens (tertiary/aromatic N) is 1. The molecule has 2 atom stereocenters. The second-order valence-electron chi connectivity index (χ2n) is 9.62. The first-order chi connectivity index (χ1) is 17.1. The molecule has 0 aromatic heterocycles. The van der Waals surface area contributed by atoms with E-state index in [1.54, 1.807) is 24.3 Å². The summed E-state index contributed by atoms with van der Waals surface area (Å²) in [5, 5.41) is 31.6. The van der Waals surface area contributed by atoms with E-state index in [0.717, 1.165) is 5.56 Å². The van der Waals surface area contributed by atoms with Crippen LogP contribution in [0, 0.1) is 11.8 Å². The molecule has 0 saturated heterocycles. The number of anilines is 1. The van der Waals surface area contributed by atoms with Crippen LogP contribution in [0.2, 0.25) is 0 Å². The van der Waals surface area contributed by atoms with Gasteiger partial charge in [0, 0.05) is 18.5 Å². The lowest BCUT2D eigenvalue weighted by molar-refractivity contribution is -0.138. The average molecular weight is 488 g/mol. The predicted octanol–water partition coefficient (Wildman–Crippen LogP) is 5.04. The Morgan fingerprint density at radius 3 is 2.22 bits per heavy atom. The number of aliphatic carboxylic acids is 1. The number of carbonyl (C=O) groups excluding carboxylic acids is 1. The van der Waals surface area contributed by atoms with Gasteiger partial charge in [-0.3, -0.25) is 9.59 Å².